The number of nitrogens with one attached hydrogen (secondary N) is 1. The van der Waals surface area contributed by atoms with Crippen molar-refractivity contribution in [3.8, 4) is 0 Å². The summed E-state index contributed by atoms with van der Waals surface area (Å²) >= 11 is 1.64. The highest BCUT2D eigenvalue weighted by molar-refractivity contribution is 7.18. The summed E-state index contributed by atoms with van der Waals surface area (Å²) in [6.45, 7) is 0.423. The van der Waals surface area contributed by atoms with Gasteiger partial charge in [-0.05, 0) is 50.0 Å². The van der Waals surface area contributed by atoms with E-state index in [-0.39, 0.29) is 5.56 Å². The number of carboxylic acids is 1. The second kappa shape index (κ2) is 6.16. The van der Waals surface area contributed by atoms with E-state index in [9.17, 15) is 14.7 Å². The van der Waals surface area contributed by atoms with E-state index in [4.69, 9.17) is 4.98 Å². The van der Waals surface area contributed by atoms with E-state index < -0.39 is 12.0 Å². The third-order valence-electron chi connectivity index (χ3n) is 6.46. The van der Waals surface area contributed by atoms with Crippen LogP contribution in [0.1, 0.15) is 54.8 Å². The lowest BCUT2D eigenvalue weighted by Gasteiger charge is -2.32. The Morgan fingerprint density at radius 2 is 2.12 bits per heavy atom. The van der Waals surface area contributed by atoms with Gasteiger partial charge in [-0.1, -0.05) is 12.8 Å². The van der Waals surface area contributed by atoms with Crippen molar-refractivity contribution >= 4 is 27.5 Å². The smallest absolute Gasteiger partial charge is 0.320 e. The fourth-order valence-corrected chi connectivity index (χ4v) is 6.60. The number of hydrogen-bond donors (Lipinski definition) is 2. The predicted molar refractivity (Wildman–Crippen MR) is 99.6 cm³/mol. The summed E-state index contributed by atoms with van der Waals surface area (Å²) in [6, 6.07) is -0.156. The van der Waals surface area contributed by atoms with Crippen molar-refractivity contribution in [1.82, 2.24) is 14.9 Å². The van der Waals surface area contributed by atoms with E-state index in [0.29, 0.717) is 24.3 Å². The second-order valence-corrected chi connectivity index (χ2v) is 9.01. The van der Waals surface area contributed by atoms with Gasteiger partial charge in [0.2, 0.25) is 0 Å². The maximum Gasteiger partial charge on any atom is 0.320 e. The largest absolute Gasteiger partial charge is 0.480 e. The number of carbonyl (C=O) groups is 1. The molecular formula is C19H23N3O3S. The van der Waals surface area contributed by atoms with Crippen LogP contribution >= 0.6 is 11.3 Å². The quantitative estimate of drug-likeness (QED) is 0.864. The molecule has 0 radical (unpaired) electrons. The first-order valence-corrected chi connectivity index (χ1v) is 10.5. The second-order valence-electron chi connectivity index (χ2n) is 7.92. The van der Waals surface area contributed by atoms with E-state index in [1.54, 1.807) is 11.3 Å². The van der Waals surface area contributed by atoms with Gasteiger partial charge in [0.15, 0.2) is 0 Å². The SMILES string of the molecule is O=C(O)C1CC2CCCCC2N1Cc1nc2sc3c(c2c(=O)[nH]1)CCC3. The van der Waals surface area contributed by atoms with Gasteiger partial charge >= 0.3 is 5.97 Å². The Morgan fingerprint density at radius 1 is 1.27 bits per heavy atom. The molecular weight excluding hydrogens is 350 g/mol. The van der Waals surface area contributed by atoms with E-state index in [1.807, 2.05) is 0 Å². The number of aromatic amines is 1. The number of likely N-dealkylation sites (tertiary alicyclic amines) is 1. The van der Waals surface area contributed by atoms with Gasteiger partial charge in [-0.15, -0.1) is 11.3 Å². The average molecular weight is 373 g/mol. The van der Waals surface area contributed by atoms with Gasteiger partial charge in [-0.25, -0.2) is 4.98 Å². The number of thiophene rings is 1. The van der Waals surface area contributed by atoms with Crippen LogP contribution in [0.5, 0.6) is 0 Å². The molecule has 3 heterocycles. The summed E-state index contributed by atoms with van der Waals surface area (Å²) in [5.74, 6) is 0.323. The molecule has 1 saturated carbocycles. The number of aliphatic carboxylic acids is 1. The van der Waals surface area contributed by atoms with Crippen molar-refractivity contribution < 1.29 is 9.90 Å². The first-order valence-electron chi connectivity index (χ1n) is 9.64. The fourth-order valence-electron chi connectivity index (χ4n) is 5.32. The molecule has 1 saturated heterocycles. The molecule has 3 unspecified atom stereocenters. The van der Waals surface area contributed by atoms with Crippen molar-refractivity contribution in [2.24, 2.45) is 5.92 Å². The zero-order chi connectivity index (χ0) is 17.8. The molecule has 2 aliphatic carbocycles. The maximum atomic E-state index is 12.7. The monoisotopic (exact) mass is 373 g/mol. The Kier molecular flexibility index (Phi) is 3.90. The van der Waals surface area contributed by atoms with Crippen molar-refractivity contribution in [2.45, 2.75) is 70.0 Å². The summed E-state index contributed by atoms with van der Waals surface area (Å²) < 4.78 is 0. The highest BCUT2D eigenvalue weighted by atomic mass is 32.1. The van der Waals surface area contributed by atoms with Gasteiger partial charge in [-0.3, -0.25) is 14.5 Å². The lowest BCUT2D eigenvalue weighted by atomic mass is 9.85. The van der Waals surface area contributed by atoms with Crippen LogP contribution in [0.4, 0.5) is 0 Å². The summed E-state index contributed by atoms with van der Waals surface area (Å²) in [6.07, 6.45) is 8.38. The highest BCUT2D eigenvalue weighted by Gasteiger charge is 2.45. The fraction of sp³-hybridized carbons (Fsp3) is 0.632. The molecule has 3 atom stereocenters. The Balaban J connectivity index is 1.50. The molecule has 0 amide bonds. The Hall–Kier alpha value is -1.73. The van der Waals surface area contributed by atoms with Gasteiger partial charge in [0.1, 0.15) is 16.7 Å². The van der Waals surface area contributed by atoms with Crippen LogP contribution in [0.25, 0.3) is 10.2 Å². The third-order valence-corrected chi connectivity index (χ3v) is 7.65. The van der Waals surface area contributed by atoms with Crippen LogP contribution in [-0.4, -0.2) is 38.0 Å². The normalized spacial score (nSPS) is 28.4. The summed E-state index contributed by atoms with van der Waals surface area (Å²) in [5, 5.41) is 10.4. The molecule has 2 N–H and O–H groups in total. The molecule has 1 aliphatic heterocycles. The van der Waals surface area contributed by atoms with Gasteiger partial charge < -0.3 is 10.1 Å². The molecule has 7 heteroatoms. The Bertz CT molecular complexity index is 934. The standard InChI is InChI=1S/C19H23N3O3S/c23-17-16-11-5-3-7-14(11)26-18(16)21-15(20-17)9-22-12-6-2-1-4-10(12)8-13(22)19(24)25/h10,12-13H,1-9H2,(H,24,25)(H,20,21,23). The molecule has 5 rings (SSSR count). The van der Waals surface area contributed by atoms with Crippen LogP contribution in [0, 0.1) is 5.92 Å². The summed E-state index contributed by atoms with van der Waals surface area (Å²) in [7, 11) is 0. The summed E-state index contributed by atoms with van der Waals surface area (Å²) in [5.41, 5.74) is 1.12. The van der Waals surface area contributed by atoms with E-state index in [1.165, 1.54) is 16.9 Å². The third kappa shape index (κ3) is 2.52. The Labute approximate surface area is 155 Å². The number of fused-ring (bicyclic) bond motifs is 4. The highest BCUT2D eigenvalue weighted by Crippen LogP contribution is 2.40. The molecule has 2 aromatic heterocycles. The minimum atomic E-state index is -0.752. The van der Waals surface area contributed by atoms with Crippen molar-refractivity contribution in [1.29, 1.82) is 0 Å². The van der Waals surface area contributed by atoms with Gasteiger partial charge in [-0.2, -0.15) is 0 Å². The molecule has 3 aliphatic rings. The average Bonchev–Trinajstić information content (AvgIpc) is 3.27. The number of aromatic nitrogens is 2. The molecule has 6 nitrogen and oxygen atoms in total. The first-order chi connectivity index (χ1) is 12.6. The maximum absolute atomic E-state index is 12.7. The minimum Gasteiger partial charge on any atom is -0.480 e. The topological polar surface area (TPSA) is 86.3 Å². The van der Waals surface area contributed by atoms with Crippen molar-refractivity contribution in [3.63, 3.8) is 0 Å². The lowest BCUT2D eigenvalue weighted by molar-refractivity contribution is -0.142. The van der Waals surface area contributed by atoms with Gasteiger partial charge in [0, 0.05) is 10.9 Å². The van der Waals surface area contributed by atoms with Gasteiger partial charge in [0.05, 0.1) is 11.9 Å². The molecule has 0 bridgehead atoms. The van der Waals surface area contributed by atoms with Crippen LogP contribution in [0.15, 0.2) is 4.79 Å². The van der Waals surface area contributed by atoms with E-state index in [0.717, 1.165) is 55.2 Å². The number of aryl methyl sites for hydroxylation is 2. The zero-order valence-electron chi connectivity index (χ0n) is 14.7. The zero-order valence-corrected chi connectivity index (χ0v) is 15.5. The number of hydrogen-bond acceptors (Lipinski definition) is 5. The van der Waals surface area contributed by atoms with Crippen LogP contribution < -0.4 is 5.56 Å². The molecule has 2 fully saturated rings. The predicted octanol–water partition coefficient (Wildman–Crippen LogP) is 2.69. The lowest BCUT2D eigenvalue weighted by Crippen LogP contribution is -2.42. The number of H-pyrrole nitrogens is 1. The summed E-state index contributed by atoms with van der Waals surface area (Å²) in [4.78, 5) is 36.3. The van der Waals surface area contributed by atoms with Crippen LogP contribution in [-0.2, 0) is 24.2 Å². The molecule has 0 aromatic carbocycles. The van der Waals surface area contributed by atoms with Gasteiger partial charge in [0.25, 0.3) is 5.56 Å². The van der Waals surface area contributed by atoms with Crippen molar-refractivity contribution in [2.75, 3.05) is 0 Å². The van der Waals surface area contributed by atoms with E-state index >= 15 is 0 Å². The Morgan fingerprint density at radius 3 is 2.96 bits per heavy atom. The molecule has 26 heavy (non-hydrogen) atoms. The molecule has 138 valence electrons. The minimum absolute atomic E-state index is 0.0596. The van der Waals surface area contributed by atoms with Crippen LogP contribution in [0.2, 0.25) is 0 Å². The molecule has 2 aromatic rings. The van der Waals surface area contributed by atoms with Crippen molar-refractivity contribution in [3.05, 3.63) is 26.6 Å². The number of rotatable bonds is 3. The first kappa shape index (κ1) is 16.4. The molecule has 0 spiro atoms. The van der Waals surface area contributed by atoms with Crippen LogP contribution in [0.3, 0.4) is 0 Å². The van der Waals surface area contributed by atoms with E-state index in [2.05, 4.69) is 9.88 Å². The number of carboxylic acid groups (broad SMARTS) is 1. The number of nitrogens with zero attached hydrogens (tertiary/aromatic N) is 2.